The Bertz CT molecular complexity index is 1720. The fourth-order valence-electron chi connectivity index (χ4n) is 6.61. The maximum absolute atomic E-state index is 13.9. The Kier molecular flexibility index (Phi) is 9.18. The molecule has 1 aliphatic heterocycles. The van der Waals surface area contributed by atoms with Gasteiger partial charge in [0, 0.05) is 36.1 Å². The quantitative estimate of drug-likeness (QED) is 0.384. The molecule has 0 bridgehead atoms. The number of allylic oxidation sites excluding steroid dienone is 1. The van der Waals surface area contributed by atoms with Crippen molar-refractivity contribution in [3.8, 4) is 10.6 Å². The standard InChI is InChI=1S/C33H41N5O7S2/c1-19-9-12-24(29-34-20(2)18-46-29)27(14-19)35-32(42)45-22-15-25-26(16-22)30(40)38(3)13-7-5-4-6-8-21-17-33(21,36-28(25)39)31(41)37-47(43,44)23-10-11-23/h6,8-9,12,14,18,21-23,25-26H,4-5,7,10-11,13,15-17H2,1-3H3,(H,35,42)(H,36,39)(H,37,41)/t21-,22-,25-,26-,33-/m1/s1. The minimum atomic E-state index is -3.83. The molecule has 3 aliphatic carbocycles. The summed E-state index contributed by atoms with van der Waals surface area (Å²) in [5.74, 6) is -3.55. The molecule has 3 saturated carbocycles. The normalized spacial score (nSPS) is 28.0. The lowest BCUT2D eigenvalue weighted by atomic mass is 9.93. The average molecular weight is 684 g/mol. The fourth-order valence-corrected chi connectivity index (χ4v) is 8.81. The molecule has 0 radical (unpaired) electrons. The molecule has 252 valence electrons. The van der Waals surface area contributed by atoms with Crippen molar-refractivity contribution < 1.29 is 32.3 Å². The first-order valence-corrected chi connectivity index (χ1v) is 18.6. The Labute approximate surface area is 278 Å². The molecular weight excluding hydrogens is 643 g/mol. The van der Waals surface area contributed by atoms with Gasteiger partial charge in [-0.2, -0.15) is 0 Å². The highest BCUT2D eigenvalue weighted by atomic mass is 32.2. The Morgan fingerprint density at radius 1 is 1.13 bits per heavy atom. The van der Waals surface area contributed by atoms with Gasteiger partial charge in [-0.05, 0) is 82.9 Å². The highest BCUT2D eigenvalue weighted by Crippen LogP contribution is 2.47. The molecule has 5 atom stereocenters. The summed E-state index contributed by atoms with van der Waals surface area (Å²) in [7, 11) is -2.13. The lowest BCUT2D eigenvalue weighted by Gasteiger charge is -2.26. The van der Waals surface area contributed by atoms with Crippen LogP contribution in [0, 0.1) is 31.6 Å². The molecule has 0 spiro atoms. The second kappa shape index (κ2) is 13.0. The number of carbonyl (C=O) groups is 4. The van der Waals surface area contributed by atoms with E-state index in [1.807, 2.05) is 49.6 Å². The summed E-state index contributed by atoms with van der Waals surface area (Å²) in [6, 6.07) is 5.66. The van der Waals surface area contributed by atoms with Gasteiger partial charge in [0.1, 0.15) is 16.7 Å². The highest BCUT2D eigenvalue weighted by molar-refractivity contribution is 7.91. The van der Waals surface area contributed by atoms with Gasteiger partial charge in [0.2, 0.25) is 21.8 Å². The Balaban J connectivity index is 1.20. The van der Waals surface area contributed by atoms with Crippen LogP contribution in [-0.2, 0) is 29.1 Å². The zero-order chi connectivity index (χ0) is 33.5. The van der Waals surface area contributed by atoms with Crippen LogP contribution in [0.25, 0.3) is 10.6 Å². The molecule has 14 heteroatoms. The first-order chi connectivity index (χ1) is 22.4. The summed E-state index contributed by atoms with van der Waals surface area (Å²) >= 11 is 1.47. The Morgan fingerprint density at radius 2 is 1.89 bits per heavy atom. The SMILES string of the molecule is Cc1ccc(-c2nc(C)cs2)c(NC(=O)O[C@@H]2C[C@H]3C(=O)N[C@]4(C(=O)NS(=O)(=O)C5CC5)C[C@H]4C=CCCCCN(C)C(=O)[C@@H]3C2)c1. The number of aryl methyl sites for hydroxylation is 2. The third-order valence-electron chi connectivity index (χ3n) is 9.53. The molecule has 0 saturated heterocycles. The molecule has 2 aromatic rings. The molecule has 6 rings (SSSR count). The van der Waals surface area contributed by atoms with Crippen molar-refractivity contribution in [1.29, 1.82) is 0 Å². The smallest absolute Gasteiger partial charge is 0.411 e. The van der Waals surface area contributed by atoms with E-state index in [-0.39, 0.29) is 31.1 Å². The van der Waals surface area contributed by atoms with Crippen molar-refractivity contribution >= 4 is 50.9 Å². The molecule has 1 aromatic heterocycles. The predicted molar refractivity (Wildman–Crippen MR) is 177 cm³/mol. The number of anilines is 1. The summed E-state index contributed by atoms with van der Waals surface area (Å²) in [4.78, 5) is 60.5. The van der Waals surface area contributed by atoms with E-state index in [1.165, 1.54) is 11.3 Å². The van der Waals surface area contributed by atoms with Crippen molar-refractivity contribution in [2.75, 3.05) is 18.9 Å². The van der Waals surface area contributed by atoms with Crippen LogP contribution in [0.2, 0.25) is 0 Å². The van der Waals surface area contributed by atoms with Crippen LogP contribution in [0.5, 0.6) is 0 Å². The van der Waals surface area contributed by atoms with Gasteiger partial charge in [-0.3, -0.25) is 24.4 Å². The van der Waals surface area contributed by atoms with E-state index < -0.39 is 56.7 Å². The number of ether oxygens (including phenoxy) is 1. The van der Waals surface area contributed by atoms with Crippen molar-refractivity contribution in [2.45, 2.75) is 82.1 Å². The number of hydrogen-bond donors (Lipinski definition) is 3. The van der Waals surface area contributed by atoms with Gasteiger partial charge < -0.3 is 15.0 Å². The number of amides is 4. The van der Waals surface area contributed by atoms with E-state index in [9.17, 15) is 27.6 Å². The van der Waals surface area contributed by atoms with Crippen LogP contribution >= 0.6 is 11.3 Å². The second-order valence-corrected chi connectivity index (χ2v) is 16.1. The molecule has 3 fully saturated rings. The zero-order valence-electron chi connectivity index (χ0n) is 26.8. The van der Waals surface area contributed by atoms with Gasteiger partial charge in [-0.15, -0.1) is 11.3 Å². The van der Waals surface area contributed by atoms with E-state index >= 15 is 0 Å². The zero-order valence-corrected chi connectivity index (χ0v) is 28.4. The molecular formula is C33H41N5O7S2. The molecule has 4 aliphatic rings. The summed E-state index contributed by atoms with van der Waals surface area (Å²) < 4.78 is 33.3. The van der Waals surface area contributed by atoms with Gasteiger partial charge in [0.15, 0.2) is 0 Å². The predicted octanol–water partition coefficient (Wildman–Crippen LogP) is 4.05. The minimum absolute atomic E-state index is 0.0778. The summed E-state index contributed by atoms with van der Waals surface area (Å²) in [5, 5.41) is 7.78. The van der Waals surface area contributed by atoms with Crippen LogP contribution in [0.3, 0.4) is 0 Å². The van der Waals surface area contributed by atoms with Crippen molar-refractivity contribution in [3.63, 3.8) is 0 Å². The van der Waals surface area contributed by atoms with Crippen LogP contribution in [0.15, 0.2) is 35.7 Å². The number of aromatic nitrogens is 1. The van der Waals surface area contributed by atoms with E-state index in [0.717, 1.165) is 41.1 Å². The van der Waals surface area contributed by atoms with Crippen LogP contribution in [0.4, 0.5) is 10.5 Å². The number of hydrogen-bond acceptors (Lipinski definition) is 9. The van der Waals surface area contributed by atoms with E-state index in [0.29, 0.717) is 25.1 Å². The van der Waals surface area contributed by atoms with Crippen molar-refractivity contribution in [3.05, 3.63) is 47.0 Å². The monoisotopic (exact) mass is 683 g/mol. The van der Waals surface area contributed by atoms with E-state index in [2.05, 4.69) is 20.3 Å². The van der Waals surface area contributed by atoms with Gasteiger partial charge in [0.05, 0.1) is 22.8 Å². The average Bonchev–Trinajstić information content (AvgIpc) is 3.90. The topological polar surface area (TPSA) is 164 Å². The number of thiazole rings is 1. The molecule has 3 N–H and O–H groups in total. The summed E-state index contributed by atoms with van der Waals surface area (Å²) in [5.41, 5.74) is 1.67. The third-order valence-corrected chi connectivity index (χ3v) is 12.3. The first kappa shape index (κ1) is 33.1. The van der Waals surface area contributed by atoms with Gasteiger partial charge in [-0.1, -0.05) is 18.2 Å². The minimum Gasteiger partial charge on any atom is -0.446 e. The Morgan fingerprint density at radius 3 is 2.62 bits per heavy atom. The van der Waals surface area contributed by atoms with Crippen LogP contribution in [-0.4, -0.2) is 72.6 Å². The van der Waals surface area contributed by atoms with E-state index in [4.69, 9.17) is 4.74 Å². The molecule has 2 heterocycles. The highest BCUT2D eigenvalue weighted by Gasteiger charge is 2.62. The number of rotatable bonds is 6. The fraction of sp³-hybridized carbons (Fsp3) is 0.545. The van der Waals surface area contributed by atoms with Crippen molar-refractivity contribution in [1.82, 2.24) is 19.9 Å². The number of sulfonamides is 1. The number of nitrogens with zero attached hydrogens (tertiary/aromatic N) is 2. The lowest BCUT2D eigenvalue weighted by Crippen LogP contribution is -2.54. The molecule has 0 unspecified atom stereocenters. The van der Waals surface area contributed by atoms with Crippen molar-refractivity contribution in [2.24, 2.45) is 17.8 Å². The molecule has 4 amide bonds. The van der Waals surface area contributed by atoms with Crippen LogP contribution in [0.1, 0.15) is 62.6 Å². The second-order valence-electron chi connectivity index (χ2n) is 13.3. The first-order valence-electron chi connectivity index (χ1n) is 16.2. The van der Waals surface area contributed by atoms with Crippen LogP contribution < -0.4 is 15.4 Å². The van der Waals surface area contributed by atoms with Gasteiger partial charge in [0.25, 0.3) is 5.91 Å². The summed E-state index contributed by atoms with van der Waals surface area (Å²) in [6.07, 6.45) is 6.14. The Hall–Kier alpha value is -3.78. The summed E-state index contributed by atoms with van der Waals surface area (Å²) in [6.45, 7) is 4.33. The maximum atomic E-state index is 13.9. The number of nitrogens with one attached hydrogen (secondary N) is 3. The molecule has 1 aromatic carbocycles. The van der Waals surface area contributed by atoms with Gasteiger partial charge in [-0.25, -0.2) is 18.2 Å². The largest absolute Gasteiger partial charge is 0.446 e. The lowest BCUT2D eigenvalue weighted by molar-refractivity contribution is -0.140. The molecule has 47 heavy (non-hydrogen) atoms. The maximum Gasteiger partial charge on any atom is 0.411 e. The third kappa shape index (κ3) is 7.23. The number of fused-ring (bicyclic) bond motifs is 2. The molecule has 12 nitrogen and oxygen atoms in total. The van der Waals surface area contributed by atoms with E-state index in [1.54, 1.807) is 11.9 Å². The number of benzene rings is 1. The number of carbonyl (C=O) groups excluding carboxylic acids is 4. The van der Waals surface area contributed by atoms with Gasteiger partial charge >= 0.3 is 6.09 Å².